The number of carbonyl (C=O) groups is 4. The lowest BCUT2D eigenvalue weighted by molar-refractivity contribution is -0.288. The summed E-state index contributed by atoms with van der Waals surface area (Å²) in [6, 6.07) is 11.3. The van der Waals surface area contributed by atoms with E-state index in [0.717, 1.165) is 20.8 Å². The van der Waals surface area contributed by atoms with Gasteiger partial charge in [0, 0.05) is 27.7 Å². The van der Waals surface area contributed by atoms with Crippen LogP contribution in [-0.2, 0) is 42.9 Å². The zero-order valence-electron chi connectivity index (χ0n) is 24.0. The van der Waals surface area contributed by atoms with Crippen LogP contribution >= 0.6 is 0 Å². The van der Waals surface area contributed by atoms with E-state index in [2.05, 4.69) is 0 Å². The fourth-order valence-corrected chi connectivity index (χ4v) is 4.57. The maximum absolute atomic E-state index is 13.5. The van der Waals surface area contributed by atoms with Crippen LogP contribution in [0, 0.1) is 0 Å². The molecule has 0 unspecified atom stereocenters. The van der Waals surface area contributed by atoms with Gasteiger partial charge in [-0.15, -0.1) is 0 Å². The van der Waals surface area contributed by atoms with Crippen LogP contribution in [0.2, 0.25) is 0 Å². The molecule has 0 radical (unpaired) electrons. The molecular formula is C30H30O13. The van der Waals surface area contributed by atoms with Gasteiger partial charge in [-0.05, 0) is 35.9 Å². The highest BCUT2D eigenvalue weighted by Gasteiger charge is 2.53. The number of hydrogen-bond donors (Lipinski definition) is 0. The Labute approximate surface area is 245 Å². The Morgan fingerprint density at radius 1 is 0.767 bits per heavy atom. The quantitative estimate of drug-likeness (QED) is 0.261. The number of carbonyl (C=O) groups excluding carboxylic acids is 4. The molecule has 1 fully saturated rings. The monoisotopic (exact) mass is 598 g/mol. The van der Waals surface area contributed by atoms with E-state index in [1.165, 1.54) is 38.5 Å². The van der Waals surface area contributed by atoms with Gasteiger partial charge in [0.25, 0.3) is 0 Å². The molecule has 13 heteroatoms. The van der Waals surface area contributed by atoms with E-state index in [-0.39, 0.29) is 22.1 Å². The highest BCUT2D eigenvalue weighted by Crippen LogP contribution is 2.32. The third kappa shape index (κ3) is 7.49. The molecular weight excluding hydrogens is 568 g/mol. The molecule has 0 saturated carbocycles. The van der Waals surface area contributed by atoms with Crippen LogP contribution in [0.15, 0.2) is 57.9 Å². The van der Waals surface area contributed by atoms with Crippen molar-refractivity contribution in [3.8, 4) is 22.6 Å². The standard InChI is InChI=1S/C30H30O13/c1-15(31)37-14-25-27(39-16(2)32)28(40-17(3)33)29(41-18(4)34)30(43-25)42-21-10-11-24-22(12-21)26(35)23(13-38-24)19-6-8-20(36-5)9-7-19/h6-13,25,27-30H,14H2,1-5H3/t25-,27-,28+,29-,30+/m0/s1. The van der Waals surface area contributed by atoms with Gasteiger partial charge in [-0.1, -0.05) is 12.1 Å². The molecule has 1 aliphatic heterocycles. The van der Waals surface area contributed by atoms with Gasteiger partial charge < -0.3 is 37.6 Å². The number of hydrogen-bond acceptors (Lipinski definition) is 13. The average molecular weight is 599 g/mol. The minimum Gasteiger partial charge on any atom is -0.497 e. The van der Waals surface area contributed by atoms with Crippen molar-refractivity contribution in [2.24, 2.45) is 0 Å². The van der Waals surface area contributed by atoms with E-state index < -0.39 is 61.2 Å². The molecule has 3 aromatic rings. The van der Waals surface area contributed by atoms with Crippen LogP contribution in [0.3, 0.4) is 0 Å². The molecule has 5 atom stereocenters. The molecule has 0 N–H and O–H groups in total. The van der Waals surface area contributed by atoms with Crippen LogP contribution < -0.4 is 14.9 Å². The van der Waals surface area contributed by atoms with Gasteiger partial charge in [0.2, 0.25) is 17.8 Å². The number of benzene rings is 2. The zero-order valence-corrected chi connectivity index (χ0v) is 24.0. The van der Waals surface area contributed by atoms with Crippen molar-refractivity contribution in [3.05, 3.63) is 59.0 Å². The van der Waals surface area contributed by atoms with Crippen molar-refractivity contribution in [2.45, 2.75) is 58.4 Å². The highest BCUT2D eigenvalue weighted by atomic mass is 16.7. The third-order valence-electron chi connectivity index (χ3n) is 6.35. The fraction of sp³-hybridized carbons (Fsp3) is 0.367. The molecule has 0 amide bonds. The van der Waals surface area contributed by atoms with Crippen molar-refractivity contribution >= 4 is 34.8 Å². The molecule has 0 aliphatic carbocycles. The third-order valence-corrected chi connectivity index (χ3v) is 6.35. The van der Waals surface area contributed by atoms with Gasteiger partial charge >= 0.3 is 23.9 Å². The summed E-state index contributed by atoms with van der Waals surface area (Å²) in [6.45, 7) is 4.12. The lowest BCUT2D eigenvalue weighted by Crippen LogP contribution is -2.63. The van der Waals surface area contributed by atoms with E-state index in [0.29, 0.717) is 16.9 Å². The van der Waals surface area contributed by atoms with Gasteiger partial charge in [0.1, 0.15) is 36.1 Å². The second kappa shape index (κ2) is 13.4. The van der Waals surface area contributed by atoms with Crippen LogP contribution in [0.5, 0.6) is 11.5 Å². The van der Waals surface area contributed by atoms with E-state index in [1.54, 1.807) is 24.3 Å². The Balaban J connectivity index is 1.73. The van der Waals surface area contributed by atoms with Crippen LogP contribution in [0.25, 0.3) is 22.1 Å². The number of esters is 4. The van der Waals surface area contributed by atoms with Crippen molar-refractivity contribution in [1.82, 2.24) is 0 Å². The summed E-state index contributed by atoms with van der Waals surface area (Å²) in [5, 5.41) is 0.177. The molecule has 0 bridgehead atoms. The maximum Gasteiger partial charge on any atom is 0.303 e. The predicted molar refractivity (Wildman–Crippen MR) is 147 cm³/mol. The van der Waals surface area contributed by atoms with Gasteiger partial charge in [-0.2, -0.15) is 0 Å². The van der Waals surface area contributed by atoms with E-state index >= 15 is 0 Å². The van der Waals surface area contributed by atoms with Crippen LogP contribution in [0.1, 0.15) is 27.7 Å². The number of methoxy groups -OCH3 is 1. The first-order valence-corrected chi connectivity index (χ1v) is 13.1. The van der Waals surface area contributed by atoms with E-state index in [4.69, 9.17) is 37.6 Å². The Morgan fingerprint density at radius 2 is 1.37 bits per heavy atom. The highest BCUT2D eigenvalue weighted by molar-refractivity contribution is 5.83. The van der Waals surface area contributed by atoms with Crippen molar-refractivity contribution in [2.75, 3.05) is 13.7 Å². The zero-order chi connectivity index (χ0) is 31.3. The first kappa shape index (κ1) is 31.0. The second-order valence-electron chi connectivity index (χ2n) is 9.55. The molecule has 2 heterocycles. The van der Waals surface area contributed by atoms with Crippen molar-refractivity contribution in [3.63, 3.8) is 0 Å². The van der Waals surface area contributed by atoms with Gasteiger partial charge in [-0.3, -0.25) is 24.0 Å². The Hall–Kier alpha value is -4.91. The summed E-state index contributed by atoms with van der Waals surface area (Å²) in [6.07, 6.45) is -5.47. The topological polar surface area (TPSA) is 163 Å². The molecule has 4 rings (SSSR count). The van der Waals surface area contributed by atoms with Crippen LogP contribution in [0.4, 0.5) is 0 Å². The smallest absolute Gasteiger partial charge is 0.303 e. The first-order chi connectivity index (χ1) is 20.5. The number of ether oxygens (including phenoxy) is 7. The predicted octanol–water partition coefficient (Wildman–Crippen LogP) is 2.93. The van der Waals surface area contributed by atoms with Gasteiger partial charge in [0.15, 0.2) is 12.2 Å². The average Bonchev–Trinajstić information content (AvgIpc) is 2.95. The Kier molecular flexibility index (Phi) is 9.66. The first-order valence-electron chi connectivity index (χ1n) is 13.1. The maximum atomic E-state index is 13.5. The summed E-state index contributed by atoms with van der Waals surface area (Å²) in [7, 11) is 1.53. The Bertz CT molecular complexity index is 1560. The van der Waals surface area contributed by atoms with Gasteiger partial charge in [0.05, 0.1) is 18.1 Å². The number of fused-ring (bicyclic) bond motifs is 1. The summed E-state index contributed by atoms with van der Waals surface area (Å²) in [4.78, 5) is 61.1. The van der Waals surface area contributed by atoms with Crippen molar-refractivity contribution in [1.29, 1.82) is 0 Å². The molecule has 1 aliphatic rings. The normalized spacial score (nSPS) is 21.4. The number of rotatable bonds is 9. The van der Waals surface area contributed by atoms with E-state index in [9.17, 15) is 24.0 Å². The molecule has 2 aromatic carbocycles. The lowest BCUT2D eigenvalue weighted by Gasteiger charge is -2.43. The lowest BCUT2D eigenvalue weighted by atomic mass is 9.98. The Morgan fingerprint density at radius 3 is 1.98 bits per heavy atom. The summed E-state index contributed by atoms with van der Waals surface area (Å²) >= 11 is 0. The molecule has 0 spiro atoms. The molecule has 13 nitrogen and oxygen atoms in total. The van der Waals surface area contributed by atoms with Crippen molar-refractivity contribution < 1.29 is 56.8 Å². The summed E-state index contributed by atoms with van der Waals surface area (Å²) < 4.78 is 44.2. The molecule has 43 heavy (non-hydrogen) atoms. The largest absolute Gasteiger partial charge is 0.497 e. The minimum atomic E-state index is -1.46. The second-order valence-corrected chi connectivity index (χ2v) is 9.55. The SMILES string of the molecule is COc1ccc(-c2coc3ccc(O[C@@H]4O[C@@H](COC(C)=O)[C@H](OC(C)=O)[C@@H](OC(C)=O)[C@@H]4OC(C)=O)cc3c2=O)cc1. The van der Waals surface area contributed by atoms with Gasteiger partial charge in [-0.25, -0.2) is 0 Å². The minimum absolute atomic E-state index is 0.104. The molecule has 228 valence electrons. The summed E-state index contributed by atoms with van der Waals surface area (Å²) in [5.74, 6) is -2.23. The fourth-order valence-electron chi connectivity index (χ4n) is 4.57. The van der Waals surface area contributed by atoms with Crippen LogP contribution in [-0.4, -0.2) is 68.3 Å². The molecule has 1 aromatic heterocycles. The van der Waals surface area contributed by atoms with E-state index in [1.807, 2.05) is 0 Å². The molecule has 1 saturated heterocycles. The summed E-state index contributed by atoms with van der Waals surface area (Å²) in [5.41, 5.74) is 0.816.